The van der Waals surface area contributed by atoms with E-state index in [1.807, 2.05) is 7.05 Å². The van der Waals surface area contributed by atoms with Gasteiger partial charge in [-0.05, 0) is 19.9 Å². The van der Waals surface area contributed by atoms with E-state index >= 15 is 0 Å². The van der Waals surface area contributed by atoms with Gasteiger partial charge in [0.15, 0.2) is 4.90 Å². The minimum Gasteiger partial charge on any atom is -0.496 e. The first kappa shape index (κ1) is 17.8. The zero-order chi connectivity index (χ0) is 17.0. The Morgan fingerprint density at radius 1 is 1.04 bits per heavy atom. The summed E-state index contributed by atoms with van der Waals surface area (Å²) in [5.41, 5.74) is 0. The van der Waals surface area contributed by atoms with Gasteiger partial charge in [0.2, 0.25) is 10.0 Å². The molecule has 1 heterocycles. The molecule has 1 saturated heterocycles. The minimum atomic E-state index is -3.70. The molecule has 23 heavy (non-hydrogen) atoms. The molecule has 2 rings (SSSR count). The van der Waals surface area contributed by atoms with Crippen molar-refractivity contribution in [2.24, 2.45) is 0 Å². The maximum atomic E-state index is 13.0. The van der Waals surface area contributed by atoms with Crippen molar-refractivity contribution in [3.63, 3.8) is 0 Å². The van der Waals surface area contributed by atoms with Crippen molar-refractivity contribution in [3.8, 4) is 17.2 Å². The van der Waals surface area contributed by atoms with Gasteiger partial charge >= 0.3 is 0 Å². The molecule has 0 spiro atoms. The van der Waals surface area contributed by atoms with E-state index in [1.54, 1.807) is 12.1 Å². The third-order valence-electron chi connectivity index (χ3n) is 4.13. The van der Waals surface area contributed by atoms with Gasteiger partial charge in [-0.15, -0.1) is 0 Å². The fraction of sp³-hybridized carbons (Fsp3) is 0.600. The van der Waals surface area contributed by atoms with Crippen molar-refractivity contribution < 1.29 is 22.6 Å². The van der Waals surface area contributed by atoms with E-state index in [2.05, 4.69) is 5.32 Å². The summed E-state index contributed by atoms with van der Waals surface area (Å²) in [6.45, 7) is 0.929. The molecule has 0 atom stereocenters. The smallest absolute Gasteiger partial charge is 0.250 e. The van der Waals surface area contributed by atoms with E-state index in [0.717, 1.165) is 12.8 Å². The first-order chi connectivity index (χ1) is 11.0. The molecule has 0 aromatic heterocycles. The average molecular weight is 344 g/mol. The molecule has 130 valence electrons. The second-order valence-electron chi connectivity index (χ2n) is 5.33. The molecule has 0 saturated carbocycles. The second kappa shape index (κ2) is 7.37. The van der Waals surface area contributed by atoms with Gasteiger partial charge in [-0.2, -0.15) is 4.31 Å². The molecule has 7 nitrogen and oxygen atoms in total. The van der Waals surface area contributed by atoms with Crippen LogP contribution in [-0.2, 0) is 10.0 Å². The van der Waals surface area contributed by atoms with Crippen LogP contribution in [0.15, 0.2) is 17.0 Å². The Morgan fingerprint density at radius 2 is 1.57 bits per heavy atom. The van der Waals surface area contributed by atoms with E-state index in [4.69, 9.17) is 14.2 Å². The van der Waals surface area contributed by atoms with Crippen LogP contribution in [0.3, 0.4) is 0 Å². The SMILES string of the molecule is CNC1CCN(S(=O)(=O)c2c(OC)cc(OC)cc2OC)CC1. The zero-order valence-corrected chi connectivity index (χ0v) is 14.8. The molecular formula is C15H24N2O5S. The number of hydrogen-bond acceptors (Lipinski definition) is 6. The third kappa shape index (κ3) is 3.54. The lowest BCUT2D eigenvalue weighted by molar-refractivity contribution is 0.294. The highest BCUT2D eigenvalue weighted by Crippen LogP contribution is 2.39. The van der Waals surface area contributed by atoms with Gasteiger partial charge in [0.25, 0.3) is 0 Å². The fourth-order valence-electron chi connectivity index (χ4n) is 2.74. The number of hydrogen-bond donors (Lipinski definition) is 1. The fourth-order valence-corrected chi connectivity index (χ4v) is 4.48. The summed E-state index contributed by atoms with van der Waals surface area (Å²) in [7, 11) is 2.56. The van der Waals surface area contributed by atoms with Gasteiger partial charge in [0, 0.05) is 31.3 Å². The van der Waals surface area contributed by atoms with Crippen LogP contribution < -0.4 is 19.5 Å². The molecule has 8 heteroatoms. The molecular weight excluding hydrogens is 320 g/mol. The third-order valence-corrected chi connectivity index (χ3v) is 6.09. The molecule has 0 aliphatic carbocycles. The quantitative estimate of drug-likeness (QED) is 0.832. The van der Waals surface area contributed by atoms with E-state index in [0.29, 0.717) is 24.9 Å². The van der Waals surface area contributed by atoms with Crippen molar-refractivity contribution in [2.75, 3.05) is 41.5 Å². The molecule has 0 amide bonds. The Labute approximate surface area is 137 Å². The number of rotatable bonds is 6. The number of sulfonamides is 1. The first-order valence-electron chi connectivity index (χ1n) is 7.45. The van der Waals surface area contributed by atoms with Gasteiger partial charge in [-0.3, -0.25) is 0 Å². The first-order valence-corrected chi connectivity index (χ1v) is 8.89. The van der Waals surface area contributed by atoms with E-state index < -0.39 is 10.0 Å². The largest absolute Gasteiger partial charge is 0.496 e. The predicted octanol–water partition coefficient (Wildman–Crippen LogP) is 1.08. The molecule has 1 aromatic carbocycles. The lowest BCUT2D eigenvalue weighted by atomic mass is 10.1. The second-order valence-corrected chi connectivity index (χ2v) is 7.20. The van der Waals surface area contributed by atoms with Crippen molar-refractivity contribution in [1.29, 1.82) is 0 Å². The zero-order valence-electron chi connectivity index (χ0n) is 14.0. The normalized spacial score (nSPS) is 17.0. The standard InChI is InChI=1S/C15H24N2O5S/c1-16-11-5-7-17(8-6-11)23(18,19)15-13(21-3)9-12(20-2)10-14(15)22-4/h9-11,16H,5-8H2,1-4H3. The predicted molar refractivity (Wildman–Crippen MR) is 86.9 cm³/mol. The van der Waals surface area contributed by atoms with Crippen LogP contribution in [0, 0.1) is 0 Å². The number of nitrogens with one attached hydrogen (secondary N) is 1. The van der Waals surface area contributed by atoms with Crippen molar-refractivity contribution in [3.05, 3.63) is 12.1 Å². The van der Waals surface area contributed by atoms with Crippen molar-refractivity contribution in [2.45, 2.75) is 23.8 Å². The summed E-state index contributed by atoms with van der Waals surface area (Å²) < 4.78 is 43.3. The summed E-state index contributed by atoms with van der Waals surface area (Å²) in [4.78, 5) is 0.0474. The van der Waals surface area contributed by atoms with Gasteiger partial charge in [0.1, 0.15) is 17.2 Å². The Hall–Kier alpha value is -1.51. The lowest BCUT2D eigenvalue weighted by Gasteiger charge is -2.31. The van der Waals surface area contributed by atoms with Crippen LogP contribution >= 0.6 is 0 Å². The molecule has 0 bridgehead atoms. The van der Waals surface area contributed by atoms with E-state index in [9.17, 15) is 8.42 Å². The summed E-state index contributed by atoms with van der Waals surface area (Å²) in [5, 5.41) is 3.19. The van der Waals surface area contributed by atoms with Crippen LogP contribution in [0.25, 0.3) is 0 Å². The highest BCUT2D eigenvalue weighted by molar-refractivity contribution is 7.89. The van der Waals surface area contributed by atoms with Crippen LogP contribution in [-0.4, -0.2) is 60.2 Å². The summed E-state index contributed by atoms with van der Waals surface area (Å²) >= 11 is 0. The summed E-state index contributed by atoms with van der Waals surface area (Å²) in [6.07, 6.45) is 1.55. The van der Waals surface area contributed by atoms with E-state index in [1.165, 1.54) is 25.6 Å². The van der Waals surface area contributed by atoms with Gasteiger partial charge in [0.05, 0.1) is 21.3 Å². The summed E-state index contributed by atoms with van der Waals surface area (Å²) in [5.74, 6) is 0.917. The number of nitrogens with zero attached hydrogens (tertiary/aromatic N) is 1. The van der Waals surface area contributed by atoms with Crippen molar-refractivity contribution in [1.82, 2.24) is 9.62 Å². The molecule has 1 aliphatic heterocycles. The number of ether oxygens (including phenoxy) is 3. The average Bonchev–Trinajstić information content (AvgIpc) is 2.60. The molecule has 1 fully saturated rings. The highest BCUT2D eigenvalue weighted by atomic mass is 32.2. The molecule has 1 aliphatic rings. The number of methoxy groups -OCH3 is 3. The lowest BCUT2D eigenvalue weighted by Crippen LogP contribution is -2.44. The van der Waals surface area contributed by atoms with Gasteiger partial charge in [-0.25, -0.2) is 8.42 Å². The minimum absolute atomic E-state index is 0.0474. The number of benzene rings is 1. The van der Waals surface area contributed by atoms with Crippen molar-refractivity contribution >= 4 is 10.0 Å². The monoisotopic (exact) mass is 344 g/mol. The van der Waals surface area contributed by atoms with Crippen LogP contribution in [0.5, 0.6) is 17.2 Å². The molecule has 1 aromatic rings. The molecule has 0 unspecified atom stereocenters. The maximum absolute atomic E-state index is 13.0. The number of piperidine rings is 1. The maximum Gasteiger partial charge on any atom is 0.250 e. The highest BCUT2D eigenvalue weighted by Gasteiger charge is 2.34. The molecule has 0 radical (unpaired) electrons. The van der Waals surface area contributed by atoms with Crippen LogP contribution in [0.2, 0.25) is 0 Å². The van der Waals surface area contributed by atoms with Gasteiger partial charge < -0.3 is 19.5 Å². The van der Waals surface area contributed by atoms with E-state index in [-0.39, 0.29) is 16.4 Å². The van der Waals surface area contributed by atoms with Crippen LogP contribution in [0.4, 0.5) is 0 Å². The molecule has 1 N–H and O–H groups in total. The Kier molecular flexibility index (Phi) is 5.72. The summed E-state index contributed by atoms with van der Waals surface area (Å²) in [6, 6.07) is 3.45. The topological polar surface area (TPSA) is 77.1 Å². The van der Waals surface area contributed by atoms with Crippen LogP contribution in [0.1, 0.15) is 12.8 Å². The Balaban J connectivity index is 2.43. The Morgan fingerprint density at radius 3 is 1.96 bits per heavy atom. The Bertz CT molecular complexity index is 614. The van der Waals surface area contributed by atoms with Gasteiger partial charge in [-0.1, -0.05) is 0 Å².